The summed E-state index contributed by atoms with van der Waals surface area (Å²) in [4.78, 5) is 2.47. The maximum atomic E-state index is 6.09. The van der Waals surface area contributed by atoms with E-state index in [2.05, 4.69) is 37.8 Å². The third kappa shape index (κ3) is 2.01. The molecule has 2 nitrogen and oxygen atoms in total. The van der Waals surface area contributed by atoms with Crippen molar-refractivity contribution in [2.45, 2.75) is 39.7 Å². The highest BCUT2D eigenvalue weighted by molar-refractivity contribution is 5.69. The zero-order chi connectivity index (χ0) is 11.7. The molecule has 1 saturated heterocycles. The Labute approximate surface area is 98.4 Å². The highest BCUT2D eigenvalue weighted by Crippen LogP contribution is 2.32. The molecule has 0 bridgehead atoms. The van der Waals surface area contributed by atoms with Crippen LogP contribution in [0.1, 0.15) is 32.3 Å². The summed E-state index contributed by atoms with van der Waals surface area (Å²) in [7, 11) is 0. The van der Waals surface area contributed by atoms with Crippen molar-refractivity contribution in [3.8, 4) is 0 Å². The van der Waals surface area contributed by atoms with Crippen LogP contribution in [0.25, 0.3) is 0 Å². The normalized spacial score (nSPS) is 25.8. The van der Waals surface area contributed by atoms with Crippen LogP contribution >= 0.6 is 0 Å². The van der Waals surface area contributed by atoms with Gasteiger partial charge in [0.15, 0.2) is 0 Å². The van der Waals surface area contributed by atoms with E-state index in [1.807, 2.05) is 6.07 Å². The van der Waals surface area contributed by atoms with Gasteiger partial charge in [0.25, 0.3) is 0 Å². The lowest BCUT2D eigenvalue weighted by atomic mass is 9.91. The Hall–Kier alpha value is -1.18. The third-order valence-corrected chi connectivity index (χ3v) is 3.87. The molecule has 2 N–H and O–H groups in total. The molecule has 0 saturated carbocycles. The van der Waals surface area contributed by atoms with Crippen LogP contribution in [-0.4, -0.2) is 12.6 Å². The quantitative estimate of drug-likeness (QED) is 0.733. The Balaban J connectivity index is 2.31. The van der Waals surface area contributed by atoms with Crippen molar-refractivity contribution in [2.75, 3.05) is 17.2 Å². The van der Waals surface area contributed by atoms with Gasteiger partial charge in [-0.05, 0) is 50.3 Å². The molecule has 16 heavy (non-hydrogen) atoms. The van der Waals surface area contributed by atoms with E-state index in [1.165, 1.54) is 24.1 Å². The first-order chi connectivity index (χ1) is 7.59. The van der Waals surface area contributed by atoms with Crippen LogP contribution in [0, 0.1) is 12.8 Å². The van der Waals surface area contributed by atoms with Crippen LogP contribution in [-0.2, 0) is 0 Å². The summed E-state index contributed by atoms with van der Waals surface area (Å²) in [6.45, 7) is 7.91. The SMILES string of the molecule is Cc1ccc(N)c(N2CCCC(C)C2C)c1. The molecule has 2 unspecified atom stereocenters. The summed E-state index contributed by atoms with van der Waals surface area (Å²) < 4.78 is 0. The Morgan fingerprint density at radius 1 is 1.31 bits per heavy atom. The van der Waals surface area contributed by atoms with E-state index in [9.17, 15) is 0 Å². The molecule has 2 heteroatoms. The minimum absolute atomic E-state index is 0.595. The van der Waals surface area contributed by atoms with Gasteiger partial charge in [-0.1, -0.05) is 13.0 Å². The molecule has 1 aliphatic heterocycles. The second-order valence-corrected chi connectivity index (χ2v) is 5.12. The van der Waals surface area contributed by atoms with Gasteiger partial charge >= 0.3 is 0 Å². The Kier molecular flexibility index (Phi) is 3.08. The number of nitrogen functional groups attached to an aromatic ring is 1. The van der Waals surface area contributed by atoms with Crippen LogP contribution in [0.4, 0.5) is 11.4 Å². The lowest BCUT2D eigenvalue weighted by Gasteiger charge is -2.40. The predicted molar refractivity (Wildman–Crippen MR) is 70.8 cm³/mol. The van der Waals surface area contributed by atoms with Crippen molar-refractivity contribution >= 4 is 11.4 Å². The van der Waals surface area contributed by atoms with Crippen molar-refractivity contribution < 1.29 is 0 Å². The summed E-state index contributed by atoms with van der Waals surface area (Å²) in [5.74, 6) is 0.758. The van der Waals surface area contributed by atoms with Gasteiger partial charge in [0.1, 0.15) is 0 Å². The highest BCUT2D eigenvalue weighted by Gasteiger charge is 2.25. The van der Waals surface area contributed by atoms with Crippen molar-refractivity contribution in [1.82, 2.24) is 0 Å². The predicted octanol–water partition coefficient (Wildman–Crippen LogP) is 3.20. The van der Waals surface area contributed by atoms with Gasteiger partial charge in [-0.3, -0.25) is 0 Å². The molecule has 2 rings (SSSR count). The number of aryl methyl sites for hydroxylation is 1. The molecule has 0 aromatic heterocycles. The van der Waals surface area contributed by atoms with Gasteiger partial charge in [0, 0.05) is 12.6 Å². The zero-order valence-corrected chi connectivity index (χ0v) is 10.5. The van der Waals surface area contributed by atoms with Crippen LogP contribution < -0.4 is 10.6 Å². The second kappa shape index (κ2) is 4.36. The first-order valence-electron chi connectivity index (χ1n) is 6.22. The minimum Gasteiger partial charge on any atom is -0.397 e. The summed E-state index contributed by atoms with van der Waals surface area (Å²) >= 11 is 0. The van der Waals surface area contributed by atoms with Crippen LogP contribution in [0.2, 0.25) is 0 Å². The maximum absolute atomic E-state index is 6.09. The molecule has 0 aliphatic carbocycles. The number of hydrogen-bond donors (Lipinski definition) is 1. The maximum Gasteiger partial charge on any atom is 0.0605 e. The smallest absolute Gasteiger partial charge is 0.0605 e. The number of nitrogens with two attached hydrogens (primary N) is 1. The average Bonchev–Trinajstić information content (AvgIpc) is 2.26. The van der Waals surface area contributed by atoms with Crippen molar-refractivity contribution in [3.05, 3.63) is 23.8 Å². The fraction of sp³-hybridized carbons (Fsp3) is 0.571. The molecule has 0 amide bonds. The Morgan fingerprint density at radius 2 is 2.06 bits per heavy atom. The highest BCUT2D eigenvalue weighted by atomic mass is 15.2. The van der Waals surface area contributed by atoms with E-state index in [-0.39, 0.29) is 0 Å². The number of nitrogens with zero attached hydrogens (tertiary/aromatic N) is 1. The van der Waals surface area contributed by atoms with E-state index in [0.717, 1.165) is 18.2 Å². The van der Waals surface area contributed by atoms with Crippen LogP contribution in [0.3, 0.4) is 0 Å². The zero-order valence-electron chi connectivity index (χ0n) is 10.5. The topological polar surface area (TPSA) is 29.3 Å². The molecular formula is C14H22N2. The molecule has 0 spiro atoms. The monoisotopic (exact) mass is 218 g/mol. The van der Waals surface area contributed by atoms with Crippen LogP contribution in [0.5, 0.6) is 0 Å². The molecule has 1 aliphatic rings. The van der Waals surface area contributed by atoms with E-state index in [0.29, 0.717) is 6.04 Å². The number of piperidine rings is 1. The molecule has 1 heterocycles. The van der Waals surface area contributed by atoms with Gasteiger partial charge in [0.2, 0.25) is 0 Å². The molecule has 0 radical (unpaired) electrons. The van der Waals surface area contributed by atoms with Gasteiger partial charge in [0.05, 0.1) is 11.4 Å². The molecule has 1 aromatic carbocycles. The third-order valence-electron chi connectivity index (χ3n) is 3.87. The number of benzene rings is 1. The van der Waals surface area contributed by atoms with E-state index >= 15 is 0 Å². The van der Waals surface area contributed by atoms with E-state index in [4.69, 9.17) is 5.73 Å². The van der Waals surface area contributed by atoms with Gasteiger partial charge in [-0.2, -0.15) is 0 Å². The molecular weight excluding hydrogens is 196 g/mol. The first-order valence-corrected chi connectivity index (χ1v) is 6.22. The summed E-state index contributed by atoms with van der Waals surface area (Å²) in [5.41, 5.74) is 9.50. The van der Waals surface area contributed by atoms with Crippen molar-refractivity contribution in [2.24, 2.45) is 5.92 Å². The minimum atomic E-state index is 0.595. The second-order valence-electron chi connectivity index (χ2n) is 5.12. The average molecular weight is 218 g/mol. The Morgan fingerprint density at radius 3 is 2.81 bits per heavy atom. The fourth-order valence-electron chi connectivity index (χ4n) is 2.58. The van der Waals surface area contributed by atoms with Crippen molar-refractivity contribution in [1.29, 1.82) is 0 Å². The number of anilines is 2. The lowest BCUT2D eigenvalue weighted by Crippen LogP contribution is -2.42. The number of rotatable bonds is 1. The van der Waals surface area contributed by atoms with E-state index in [1.54, 1.807) is 0 Å². The largest absolute Gasteiger partial charge is 0.397 e. The summed E-state index contributed by atoms with van der Waals surface area (Å²) in [5, 5.41) is 0. The number of hydrogen-bond acceptors (Lipinski definition) is 2. The van der Waals surface area contributed by atoms with Crippen LogP contribution in [0.15, 0.2) is 18.2 Å². The summed E-state index contributed by atoms with van der Waals surface area (Å²) in [6, 6.07) is 6.91. The van der Waals surface area contributed by atoms with Gasteiger partial charge in [-0.25, -0.2) is 0 Å². The molecule has 2 atom stereocenters. The fourth-order valence-corrected chi connectivity index (χ4v) is 2.58. The van der Waals surface area contributed by atoms with Crippen molar-refractivity contribution in [3.63, 3.8) is 0 Å². The summed E-state index contributed by atoms with van der Waals surface area (Å²) in [6.07, 6.45) is 2.61. The lowest BCUT2D eigenvalue weighted by molar-refractivity contribution is 0.364. The molecule has 1 fully saturated rings. The van der Waals surface area contributed by atoms with Gasteiger partial charge in [-0.15, -0.1) is 0 Å². The molecule has 1 aromatic rings. The first kappa shape index (κ1) is 11.3. The Bertz CT molecular complexity index is 373. The van der Waals surface area contributed by atoms with Gasteiger partial charge < -0.3 is 10.6 Å². The molecule has 88 valence electrons. The van der Waals surface area contributed by atoms with E-state index < -0.39 is 0 Å². The standard InChI is InChI=1S/C14H22N2/c1-10-6-7-13(15)14(9-10)16-8-4-5-11(2)12(16)3/h6-7,9,11-12H,4-5,8,15H2,1-3H3.